The minimum atomic E-state index is -1.62. The van der Waals surface area contributed by atoms with E-state index >= 15 is 0 Å². The van der Waals surface area contributed by atoms with Crippen molar-refractivity contribution in [1.82, 2.24) is 0 Å². The second-order valence-corrected chi connectivity index (χ2v) is 5.68. The molecule has 0 bridgehead atoms. The molecule has 1 aliphatic carbocycles. The highest BCUT2D eigenvalue weighted by molar-refractivity contribution is 6.58. The molecule has 1 saturated carbocycles. The van der Waals surface area contributed by atoms with Crippen molar-refractivity contribution >= 4 is 12.6 Å². The molecule has 2 N–H and O–H groups in total. The van der Waals surface area contributed by atoms with Crippen LogP contribution in [0.4, 0.5) is 4.39 Å². The third-order valence-corrected chi connectivity index (χ3v) is 4.26. The summed E-state index contributed by atoms with van der Waals surface area (Å²) < 4.78 is 25.3. The zero-order valence-electron chi connectivity index (χ0n) is 11.2. The Bertz CT molecular complexity index is 490. The van der Waals surface area contributed by atoms with Gasteiger partial charge < -0.3 is 19.5 Å². The molecule has 4 nitrogen and oxygen atoms in total. The Hall–Kier alpha value is -1.11. The van der Waals surface area contributed by atoms with Crippen LogP contribution in [0.15, 0.2) is 18.2 Å². The first-order valence-electron chi connectivity index (χ1n) is 7.04. The lowest BCUT2D eigenvalue weighted by Gasteiger charge is -2.46. The molecule has 1 aromatic rings. The van der Waals surface area contributed by atoms with Gasteiger partial charge in [0.2, 0.25) is 0 Å². The molecule has 0 amide bonds. The lowest BCUT2D eigenvalue weighted by atomic mass is 9.74. The standard InChI is InChI=1S/C14H18BFO4/c16-12-3-2-10(15(17)18)8-13(12)20-11-4-7-19-14(9-11)5-1-6-14/h2-3,8,11,17-18H,1,4-7,9H2. The van der Waals surface area contributed by atoms with Crippen LogP contribution in [0, 0.1) is 5.82 Å². The van der Waals surface area contributed by atoms with Gasteiger partial charge in [-0.15, -0.1) is 0 Å². The Morgan fingerprint density at radius 3 is 2.80 bits per heavy atom. The predicted octanol–water partition coefficient (Wildman–Crippen LogP) is 0.986. The summed E-state index contributed by atoms with van der Waals surface area (Å²) in [6.07, 6.45) is 4.69. The summed E-state index contributed by atoms with van der Waals surface area (Å²) >= 11 is 0. The molecule has 1 aromatic carbocycles. The fourth-order valence-electron chi connectivity index (χ4n) is 2.95. The van der Waals surface area contributed by atoms with Crippen molar-refractivity contribution in [2.75, 3.05) is 6.61 Å². The fraction of sp³-hybridized carbons (Fsp3) is 0.571. The first-order valence-corrected chi connectivity index (χ1v) is 7.04. The normalized spacial score (nSPS) is 24.2. The SMILES string of the molecule is OB(O)c1ccc(F)c(OC2CCOC3(CCC3)C2)c1. The summed E-state index contributed by atoms with van der Waals surface area (Å²) in [6.45, 7) is 0.634. The lowest BCUT2D eigenvalue weighted by molar-refractivity contribution is -0.153. The molecule has 108 valence electrons. The van der Waals surface area contributed by atoms with Gasteiger partial charge in [-0.25, -0.2) is 4.39 Å². The average molecular weight is 280 g/mol. The monoisotopic (exact) mass is 280 g/mol. The summed E-state index contributed by atoms with van der Waals surface area (Å²) in [5.74, 6) is -0.402. The smallest absolute Gasteiger partial charge is 0.487 e. The highest BCUT2D eigenvalue weighted by Crippen LogP contribution is 2.43. The van der Waals surface area contributed by atoms with E-state index in [4.69, 9.17) is 19.5 Å². The summed E-state index contributed by atoms with van der Waals surface area (Å²) in [4.78, 5) is 0. The molecule has 1 atom stereocenters. The van der Waals surface area contributed by atoms with Gasteiger partial charge >= 0.3 is 7.12 Å². The molecule has 1 heterocycles. The molecule has 2 aliphatic rings. The molecular weight excluding hydrogens is 262 g/mol. The van der Waals surface area contributed by atoms with E-state index in [1.165, 1.54) is 24.6 Å². The summed E-state index contributed by atoms with van der Waals surface area (Å²) in [5.41, 5.74) is 0.167. The van der Waals surface area contributed by atoms with Crippen LogP contribution in [0.2, 0.25) is 0 Å². The number of benzene rings is 1. The van der Waals surface area contributed by atoms with E-state index in [0.29, 0.717) is 6.61 Å². The van der Waals surface area contributed by atoms with E-state index in [2.05, 4.69) is 0 Å². The first-order chi connectivity index (χ1) is 9.58. The maximum Gasteiger partial charge on any atom is 0.488 e. The molecule has 3 rings (SSSR count). The van der Waals surface area contributed by atoms with Crippen LogP contribution in [0.3, 0.4) is 0 Å². The predicted molar refractivity (Wildman–Crippen MR) is 72.4 cm³/mol. The Morgan fingerprint density at radius 2 is 2.15 bits per heavy atom. The van der Waals surface area contributed by atoms with Gasteiger partial charge in [-0.05, 0) is 36.9 Å². The lowest BCUT2D eigenvalue weighted by Crippen LogP contribution is -2.48. The molecule has 1 unspecified atom stereocenters. The van der Waals surface area contributed by atoms with Crippen molar-refractivity contribution in [3.8, 4) is 5.75 Å². The van der Waals surface area contributed by atoms with Gasteiger partial charge in [0.05, 0.1) is 12.2 Å². The van der Waals surface area contributed by atoms with Gasteiger partial charge in [-0.1, -0.05) is 6.07 Å². The molecule has 1 spiro atoms. The van der Waals surface area contributed by atoms with Gasteiger partial charge in [-0.3, -0.25) is 0 Å². The van der Waals surface area contributed by atoms with Crippen LogP contribution in [0.5, 0.6) is 5.75 Å². The number of hydrogen-bond donors (Lipinski definition) is 2. The van der Waals surface area contributed by atoms with Gasteiger partial charge in [-0.2, -0.15) is 0 Å². The van der Waals surface area contributed by atoms with E-state index in [1.807, 2.05) is 0 Å². The van der Waals surface area contributed by atoms with Crippen LogP contribution >= 0.6 is 0 Å². The highest BCUT2D eigenvalue weighted by atomic mass is 19.1. The minimum absolute atomic E-state index is 0.0620. The Kier molecular flexibility index (Phi) is 3.71. The van der Waals surface area contributed by atoms with Gasteiger partial charge in [0, 0.05) is 12.8 Å². The molecule has 6 heteroatoms. The van der Waals surface area contributed by atoms with E-state index in [9.17, 15) is 4.39 Å². The summed E-state index contributed by atoms with van der Waals surface area (Å²) in [7, 11) is -1.62. The maximum atomic E-state index is 13.8. The van der Waals surface area contributed by atoms with E-state index in [1.54, 1.807) is 0 Å². The Morgan fingerprint density at radius 1 is 1.35 bits per heavy atom. The van der Waals surface area contributed by atoms with Crippen LogP contribution in [-0.2, 0) is 4.74 Å². The molecule has 0 aromatic heterocycles. The third kappa shape index (κ3) is 2.68. The van der Waals surface area contributed by atoms with Crippen molar-refractivity contribution in [1.29, 1.82) is 0 Å². The summed E-state index contributed by atoms with van der Waals surface area (Å²) in [5, 5.41) is 18.3. The molecule has 20 heavy (non-hydrogen) atoms. The van der Waals surface area contributed by atoms with Crippen molar-refractivity contribution < 1.29 is 23.9 Å². The molecule has 0 radical (unpaired) electrons. The zero-order chi connectivity index (χ0) is 14.2. The van der Waals surface area contributed by atoms with Gasteiger partial charge in [0.25, 0.3) is 0 Å². The first kappa shape index (κ1) is 13.9. The molecule has 2 fully saturated rings. The number of hydrogen-bond acceptors (Lipinski definition) is 4. The molecule has 1 saturated heterocycles. The number of ether oxygens (including phenoxy) is 2. The van der Waals surface area contributed by atoms with Crippen LogP contribution in [0.25, 0.3) is 0 Å². The highest BCUT2D eigenvalue weighted by Gasteiger charge is 2.43. The summed E-state index contributed by atoms with van der Waals surface area (Å²) in [6, 6.07) is 3.88. The number of rotatable bonds is 3. The number of halogens is 1. The fourth-order valence-corrected chi connectivity index (χ4v) is 2.95. The second-order valence-electron chi connectivity index (χ2n) is 5.68. The van der Waals surface area contributed by atoms with Crippen molar-refractivity contribution in [3.63, 3.8) is 0 Å². The van der Waals surface area contributed by atoms with Crippen LogP contribution in [0.1, 0.15) is 32.1 Å². The van der Waals surface area contributed by atoms with Crippen LogP contribution < -0.4 is 10.2 Å². The van der Waals surface area contributed by atoms with Crippen molar-refractivity contribution in [3.05, 3.63) is 24.0 Å². The maximum absolute atomic E-state index is 13.8. The van der Waals surface area contributed by atoms with Gasteiger partial charge in [0.15, 0.2) is 11.6 Å². The average Bonchev–Trinajstić information content (AvgIpc) is 2.39. The Balaban J connectivity index is 1.72. The van der Waals surface area contributed by atoms with Gasteiger partial charge in [0.1, 0.15) is 6.10 Å². The minimum Gasteiger partial charge on any atom is -0.487 e. The quantitative estimate of drug-likeness (QED) is 0.810. The van der Waals surface area contributed by atoms with Crippen molar-refractivity contribution in [2.24, 2.45) is 0 Å². The van der Waals surface area contributed by atoms with E-state index < -0.39 is 12.9 Å². The van der Waals surface area contributed by atoms with Crippen molar-refractivity contribution in [2.45, 2.75) is 43.8 Å². The second kappa shape index (κ2) is 5.35. The van der Waals surface area contributed by atoms with Crippen LogP contribution in [-0.4, -0.2) is 35.5 Å². The van der Waals surface area contributed by atoms with E-state index in [0.717, 1.165) is 25.7 Å². The largest absolute Gasteiger partial charge is 0.488 e. The Labute approximate surface area is 117 Å². The zero-order valence-corrected chi connectivity index (χ0v) is 11.2. The topological polar surface area (TPSA) is 58.9 Å². The van der Waals surface area contributed by atoms with E-state index in [-0.39, 0.29) is 22.9 Å². The molecular formula is C14H18BFO4. The third-order valence-electron chi connectivity index (χ3n) is 4.26. The molecule has 1 aliphatic heterocycles.